The van der Waals surface area contributed by atoms with E-state index in [1.807, 2.05) is 26.8 Å². The van der Waals surface area contributed by atoms with Crippen LogP contribution in [0.4, 0.5) is 0 Å². The number of ketones is 1. The lowest BCUT2D eigenvalue weighted by atomic mass is 9.86. The van der Waals surface area contributed by atoms with Gasteiger partial charge in [-0.25, -0.2) is 0 Å². The van der Waals surface area contributed by atoms with E-state index in [1.54, 1.807) is 11.8 Å². The van der Waals surface area contributed by atoms with Gasteiger partial charge in [-0.2, -0.15) is 0 Å². The predicted octanol–water partition coefficient (Wildman–Crippen LogP) is 4.72. The first kappa shape index (κ1) is 14.1. The zero-order valence-electron chi connectivity index (χ0n) is 12.0. The van der Waals surface area contributed by atoms with Crippen molar-refractivity contribution in [3.8, 4) is 0 Å². The van der Waals surface area contributed by atoms with Crippen molar-refractivity contribution in [3.05, 3.63) is 42.0 Å². The molecule has 0 bridgehead atoms. The molecule has 1 nitrogen and oxygen atoms in total. The molecule has 0 amide bonds. The number of rotatable bonds is 3. The fourth-order valence-electron chi connectivity index (χ4n) is 2.14. The lowest BCUT2D eigenvalue weighted by Gasteiger charge is -2.18. The number of Topliss-reactive ketones (excluding diaryl/α,β-unsaturated/α-hetero) is 1. The summed E-state index contributed by atoms with van der Waals surface area (Å²) in [6.07, 6.45) is 2.59. The Morgan fingerprint density at radius 1 is 1.11 bits per heavy atom. The van der Waals surface area contributed by atoms with Crippen LogP contribution >= 0.6 is 11.8 Å². The first-order chi connectivity index (χ1) is 8.93. The molecule has 0 saturated heterocycles. The smallest absolute Gasteiger partial charge is 0.142 e. The maximum absolute atomic E-state index is 12.3. The van der Waals surface area contributed by atoms with Gasteiger partial charge in [-0.1, -0.05) is 51.1 Å². The molecule has 19 heavy (non-hydrogen) atoms. The van der Waals surface area contributed by atoms with E-state index >= 15 is 0 Å². The van der Waals surface area contributed by atoms with E-state index in [4.69, 9.17) is 0 Å². The molecular formula is C17H20OS. The van der Waals surface area contributed by atoms with Crippen molar-refractivity contribution in [2.24, 2.45) is 5.41 Å². The number of hydrogen-bond donors (Lipinski definition) is 0. The molecule has 0 saturated carbocycles. The standard InChI is InChI=1S/C17H20OS/c1-17(2,3)15(18)11-13-9-5-7-12-8-6-10-14(19-4)16(12)13/h5-10H,11H2,1-4H3. The zero-order valence-corrected chi connectivity index (χ0v) is 12.8. The first-order valence-corrected chi connectivity index (χ1v) is 7.74. The Hall–Kier alpha value is -1.28. The van der Waals surface area contributed by atoms with Gasteiger partial charge >= 0.3 is 0 Å². The van der Waals surface area contributed by atoms with Crippen LogP contribution in [0.3, 0.4) is 0 Å². The molecule has 2 heteroatoms. The van der Waals surface area contributed by atoms with E-state index in [-0.39, 0.29) is 11.2 Å². The number of benzene rings is 2. The van der Waals surface area contributed by atoms with Crippen LogP contribution in [0.2, 0.25) is 0 Å². The molecular weight excluding hydrogens is 252 g/mol. The summed E-state index contributed by atoms with van der Waals surface area (Å²) in [5.41, 5.74) is 0.860. The monoisotopic (exact) mass is 272 g/mol. The average molecular weight is 272 g/mol. The molecule has 0 spiro atoms. The number of hydrogen-bond acceptors (Lipinski definition) is 2. The third-order valence-corrected chi connectivity index (χ3v) is 4.14. The highest BCUT2D eigenvalue weighted by molar-refractivity contribution is 7.98. The number of carbonyl (C=O) groups excluding carboxylic acids is 1. The maximum Gasteiger partial charge on any atom is 0.142 e. The Labute approximate surface area is 119 Å². The van der Waals surface area contributed by atoms with E-state index in [0.29, 0.717) is 6.42 Å². The molecule has 0 heterocycles. The number of fused-ring (bicyclic) bond motifs is 1. The van der Waals surface area contributed by atoms with Gasteiger partial charge in [0.2, 0.25) is 0 Å². The molecule has 0 atom stereocenters. The lowest BCUT2D eigenvalue weighted by Crippen LogP contribution is -2.22. The summed E-state index contributed by atoms with van der Waals surface area (Å²) >= 11 is 1.74. The van der Waals surface area contributed by atoms with E-state index in [0.717, 1.165) is 5.56 Å². The average Bonchev–Trinajstić information content (AvgIpc) is 2.37. The molecule has 0 aliphatic heterocycles. The Morgan fingerprint density at radius 2 is 1.74 bits per heavy atom. The highest BCUT2D eigenvalue weighted by Crippen LogP contribution is 2.30. The van der Waals surface area contributed by atoms with Crippen molar-refractivity contribution in [1.82, 2.24) is 0 Å². The predicted molar refractivity (Wildman–Crippen MR) is 83.9 cm³/mol. The van der Waals surface area contributed by atoms with Crippen LogP contribution in [0.1, 0.15) is 26.3 Å². The van der Waals surface area contributed by atoms with Gasteiger partial charge in [-0.3, -0.25) is 4.79 Å². The van der Waals surface area contributed by atoms with Crippen LogP contribution in [0.15, 0.2) is 41.3 Å². The summed E-state index contributed by atoms with van der Waals surface area (Å²) in [7, 11) is 0. The van der Waals surface area contributed by atoms with E-state index in [2.05, 4.69) is 36.6 Å². The molecule has 0 fully saturated rings. The SMILES string of the molecule is CSc1cccc2cccc(CC(=O)C(C)(C)C)c12. The maximum atomic E-state index is 12.3. The second-order valence-electron chi connectivity index (χ2n) is 5.83. The van der Waals surface area contributed by atoms with E-state index in [1.165, 1.54) is 15.7 Å². The van der Waals surface area contributed by atoms with Gasteiger partial charge in [-0.05, 0) is 28.7 Å². The topological polar surface area (TPSA) is 17.1 Å². The van der Waals surface area contributed by atoms with Crippen LogP contribution in [0.5, 0.6) is 0 Å². The fourth-order valence-corrected chi connectivity index (χ4v) is 2.81. The Morgan fingerprint density at radius 3 is 2.32 bits per heavy atom. The summed E-state index contributed by atoms with van der Waals surface area (Å²) in [5.74, 6) is 0.288. The molecule has 2 aromatic carbocycles. The van der Waals surface area contributed by atoms with Gasteiger partial charge in [0.15, 0.2) is 0 Å². The minimum absolute atomic E-state index is 0.281. The van der Waals surface area contributed by atoms with E-state index < -0.39 is 0 Å². The fraction of sp³-hybridized carbons (Fsp3) is 0.353. The van der Waals surface area contributed by atoms with Crippen LogP contribution in [-0.2, 0) is 11.2 Å². The van der Waals surface area contributed by atoms with Crippen LogP contribution in [0, 0.1) is 5.41 Å². The normalized spacial score (nSPS) is 11.8. The van der Waals surface area contributed by atoms with Crippen LogP contribution in [-0.4, -0.2) is 12.0 Å². The van der Waals surface area contributed by atoms with Crippen molar-refractivity contribution in [3.63, 3.8) is 0 Å². The van der Waals surface area contributed by atoms with Crippen molar-refractivity contribution in [2.75, 3.05) is 6.26 Å². The van der Waals surface area contributed by atoms with Crippen LogP contribution in [0.25, 0.3) is 10.8 Å². The number of carbonyl (C=O) groups is 1. The second-order valence-corrected chi connectivity index (χ2v) is 6.67. The highest BCUT2D eigenvalue weighted by atomic mass is 32.2. The quantitative estimate of drug-likeness (QED) is 0.752. The summed E-state index contributed by atoms with van der Waals surface area (Å²) in [6, 6.07) is 12.5. The summed E-state index contributed by atoms with van der Waals surface area (Å²) in [5, 5.41) is 2.45. The van der Waals surface area contributed by atoms with Crippen molar-refractivity contribution in [2.45, 2.75) is 32.1 Å². The lowest BCUT2D eigenvalue weighted by molar-refractivity contribution is -0.125. The zero-order chi connectivity index (χ0) is 14.0. The van der Waals surface area contributed by atoms with Gasteiger partial charge in [0.1, 0.15) is 5.78 Å². The largest absolute Gasteiger partial charge is 0.299 e. The van der Waals surface area contributed by atoms with Gasteiger partial charge in [-0.15, -0.1) is 11.8 Å². The third-order valence-electron chi connectivity index (χ3n) is 3.36. The minimum Gasteiger partial charge on any atom is -0.299 e. The van der Waals surface area contributed by atoms with Crippen molar-refractivity contribution < 1.29 is 4.79 Å². The summed E-state index contributed by atoms with van der Waals surface area (Å²) < 4.78 is 0. The molecule has 100 valence electrons. The Kier molecular flexibility index (Phi) is 4.00. The van der Waals surface area contributed by atoms with Gasteiger partial charge in [0.25, 0.3) is 0 Å². The van der Waals surface area contributed by atoms with Crippen molar-refractivity contribution in [1.29, 1.82) is 0 Å². The Bertz CT molecular complexity index is 603. The molecule has 0 aromatic heterocycles. The Balaban J connectivity index is 2.52. The molecule has 0 aliphatic rings. The third kappa shape index (κ3) is 3.01. The van der Waals surface area contributed by atoms with Gasteiger partial charge in [0.05, 0.1) is 0 Å². The molecule has 0 N–H and O–H groups in total. The first-order valence-electron chi connectivity index (χ1n) is 6.51. The van der Waals surface area contributed by atoms with E-state index in [9.17, 15) is 4.79 Å². The summed E-state index contributed by atoms with van der Waals surface area (Å²) in [6.45, 7) is 5.95. The highest BCUT2D eigenvalue weighted by Gasteiger charge is 2.22. The number of thioether (sulfide) groups is 1. The molecule has 2 rings (SSSR count). The molecule has 2 aromatic rings. The van der Waals surface area contributed by atoms with Gasteiger partial charge in [0, 0.05) is 16.7 Å². The van der Waals surface area contributed by atoms with Gasteiger partial charge < -0.3 is 0 Å². The molecule has 0 unspecified atom stereocenters. The summed E-state index contributed by atoms with van der Waals surface area (Å²) in [4.78, 5) is 13.5. The second kappa shape index (κ2) is 5.38. The van der Waals surface area contributed by atoms with Crippen molar-refractivity contribution >= 4 is 28.3 Å². The minimum atomic E-state index is -0.281. The molecule has 0 radical (unpaired) electrons. The molecule has 0 aliphatic carbocycles. The van der Waals surface area contributed by atoms with Crippen LogP contribution < -0.4 is 0 Å².